The fraction of sp³-hybridized carbons (Fsp3) is 0.375. The minimum Gasteiger partial charge on any atom is -0.422 e. The van der Waals surface area contributed by atoms with Crippen LogP contribution in [-0.2, 0) is 0 Å². The van der Waals surface area contributed by atoms with E-state index >= 15 is 0 Å². The van der Waals surface area contributed by atoms with Gasteiger partial charge in [0.2, 0.25) is 0 Å². The van der Waals surface area contributed by atoms with Crippen LogP contribution in [0.25, 0.3) is 11.0 Å². The van der Waals surface area contributed by atoms with Gasteiger partial charge >= 0.3 is 5.63 Å². The van der Waals surface area contributed by atoms with Crippen molar-refractivity contribution < 1.29 is 9.21 Å². The number of hydrogen-bond acceptors (Lipinski definition) is 4. The molecule has 2 heterocycles. The molecule has 1 aromatic heterocycles. The first kappa shape index (κ1) is 12.9. The number of anilines is 1. The van der Waals surface area contributed by atoms with Crippen molar-refractivity contribution in [3.05, 3.63) is 39.2 Å². The second-order valence-electron chi connectivity index (χ2n) is 5.35. The summed E-state index contributed by atoms with van der Waals surface area (Å²) in [5.74, 6) is 0. The highest BCUT2D eigenvalue weighted by Crippen LogP contribution is 2.33. The number of fused-ring (bicyclic) bond motifs is 1. The summed E-state index contributed by atoms with van der Waals surface area (Å²) in [5, 5.41) is 0.858. The molecule has 1 fully saturated rings. The number of rotatable bonds is 2. The fourth-order valence-corrected chi connectivity index (χ4v) is 2.88. The van der Waals surface area contributed by atoms with Crippen molar-refractivity contribution in [1.82, 2.24) is 0 Å². The Morgan fingerprint density at radius 2 is 1.90 bits per heavy atom. The van der Waals surface area contributed by atoms with Crippen LogP contribution < -0.4 is 10.5 Å². The lowest BCUT2D eigenvalue weighted by Crippen LogP contribution is -2.23. The molecule has 20 heavy (non-hydrogen) atoms. The highest BCUT2D eigenvalue weighted by Gasteiger charge is 2.23. The quantitative estimate of drug-likeness (QED) is 0.622. The summed E-state index contributed by atoms with van der Waals surface area (Å²) in [6, 6.07) is 3.95. The van der Waals surface area contributed by atoms with Crippen molar-refractivity contribution in [1.29, 1.82) is 0 Å². The summed E-state index contributed by atoms with van der Waals surface area (Å²) >= 11 is 0. The molecule has 4 heteroatoms. The number of aldehydes is 1. The molecular weight excluding hydrogens is 254 g/mol. The van der Waals surface area contributed by atoms with E-state index in [9.17, 15) is 9.59 Å². The third kappa shape index (κ3) is 1.83. The van der Waals surface area contributed by atoms with Crippen LogP contribution in [0.5, 0.6) is 0 Å². The van der Waals surface area contributed by atoms with Crippen LogP contribution in [0.4, 0.5) is 5.69 Å². The number of nitrogens with zero attached hydrogens (tertiary/aromatic N) is 1. The zero-order valence-corrected chi connectivity index (χ0v) is 11.7. The minimum absolute atomic E-state index is 0.141. The summed E-state index contributed by atoms with van der Waals surface area (Å²) in [4.78, 5) is 25.5. The highest BCUT2D eigenvalue weighted by molar-refractivity contribution is 6.00. The molecule has 1 aliphatic rings. The van der Waals surface area contributed by atoms with Crippen LogP contribution in [0, 0.1) is 13.8 Å². The van der Waals surface area contributed by atoms with Crippen LogP contribution >= 0.6 is 0 Å². The lowest BCUT2D eigenvalue weighted by molar-refractivity contribution is 0.112. The van der Waals surface area contributed by atoms with E-state index < -0.39 is 5.63 Å². The Hall–Kier alpha value is -2.10. The van der Waals surface area contributed by atoms with Gasteiger partial charge in [0.15, 0.2) is 6.29 Å². The second kappa shape index (κ2) is 4.78. The van der Waals surface area contributed by atoms with E-state index in [1.807, 2.05) is 26.0 Å². The third-order valence-electron chi connectivity index (χ3n) is 4.14. The molecular formula is C16H17NO3. The van der Waals surface area contributed by atoms with Crippen molar-refractivity contribution in [3.8, 4) is 0 Å². The van der Waals surface area contributed by atoms with Crippen molar-refractivity contribution >= 4 is 22.9 Å². The molecule has 1 saturated heterocycles. The molecule has 3 rings (SSSR count). The largest absolute Gasteiger partial charge is 0.422 e. The van der Waals surface area contributed by atoms with E-state index in [4.69, 9.17) is 4.42 Å². The van der Waals surface area contributed by atoms with Gasteiger partial charge in [0, 0.05) is 18.5 Å². The minimum atomic E-state index is -0.539. The van der Waals surface area contributed by atoms with Gasteiger partial charge in [-0.3, -0.25) is 4.79 Å². The van der Waals surface area contributed by atoms with Gasteiger partial charge in [0.1, 0.15) is 11.1 Å². The third-order valence-corrected chi connectivity index (χ3v) is 4.14. The Morgan fingerprint density at radius 1 is 1.20 bits per heavy atom. The van der Waals surface area contributed by atoms with E-state index in [2.05, 4.69) is 4.90 Å². The van der Waals surface area contributed by atoms with Gasteiger partial charge in [-0.05, 0) is 43.9 Å². The van der Waals surface area contributed by atoms with Crippen molar-refractivity contribution in [2.45, 2.75) is 26.7 Å². The Labute approximate surface area is 117 Å². The molecule has 2 aromatic rings. The zero-order chi connectivity index (χ0) is 14.3. The Balaban J connectivity index is 2.41. The maximum atomic E-state index is 12.1. The standard InChI is InChI=1S/C16H17NO3/c1-10-5-6-12-14(17-7-3-4-8-17)13(9-18)16(19)20-15(12)11(10)2/h5-6,9H,3-4,7-8H2,1-2H3. The van der Waals surface area contributed by atoms with Crippen molar-refractivity contribution in [3.63, 3.8) is 0 Å². The van der Waals surface area contributed by atoms with Gasteiger partial charge in [-0.2, -0.15) is 0 Å². The SMILES string of the molecule is Cc1ccc2c(N3CCCC3)c(C=O)c(=O)oc2c1C. The van der Waals surface area contributed by atoms with Crippen LogP contribution in [0.2, 0.25) is 0 Å². The number of benzene rings is 1. The maximum absolute atomic E-state index is 12.1. The molecule has 0 saturated carbocycles. The maximum Gasteiger partial charge on any atom is 0.349 e. The molecule has 1 aliphatic heterocycles. The lowest BCUT2D eigenvalue weighted by atomic mass is 10.0. The average molecular weight is 271 g/mol. The predicted octanol–water partition coefficient (Wildman–Crippen LogP) is 2.82. The van der Waals surface area contributed by atoms with E-state index in [1.54, 1.807) is 0 Å². The van der Waals surface area contributed by atoms with Gasteiger partial charge in [-0.1, -0.05) is 6.07 Å². The molecule has 0 radical (unpaired) electrons. The molecule has 1 aromatic carbocycles. The van der Waals surface area contributed by atoms with Gasteiger partial charge in [0.05, 0.1) is 5.69 Å². The summed E-state index contributed by atoms with van der Waals surface area (Å²) in [6.07, 6.45) is 2.80. The van der Waals surface area contributed by atoms with E-state index in [0.717, 1.165) is 48.1 Å². The topological polar surface area (TPSA) is 50.5 Å². The van der Waals surface area contributed by atoms with Crippen LogP contribution in [0.15, 0.2) is 21.3 Å². The van der Waals surface area contributed by atoms with Crippen molar-refractivity contribution in [2.75, 3.05) is 18.0 Å². The molecule has 0 unspecified atom stereocenters. The van der Waals surface area contributed by atoms with Crippen LogP contribution in [-0.4, -0.2) is 19.4 Å². The molecule has 4 nitrogen and oxygen atoms in total. The highest BCUT2D eigenvalue weighted by atomic mass is 16.4. The Bertz CT molecular complexity index is 739. The molecule has 0 spiro atoms. The molecule has 0 N–H and O–H groups in total. The van der Waals surface area contributed by atoms with E-state index in [0.29, 0.717) is 11.9 Å². The Kier molecular flexibility index (Phi) is 3.08. The number of hydrogen-bond donors (Lipinski definition) is 0. The first-order valence-electron chi connectivity index (χ1n) is 6.90. The molecule has 0 aliphatic carbocycles. The van der Waals surface area contributed by atoms with Crippen LogP contribution in [0.1, 0.15) is 34.3 Å². The summed E-state index contributed by atoms with van der Waals surface area (Å²) in [5.41, 5.74) is 2.98. The van der Waals surface area contributed by atoms with Gasteiger partial charge in [-0.25, -0.2) is 4.79 Å². The van der Waals surface area contributed by atoms with E-state index in [-0.39, 0.29) is 5.56 Å². The number of carbonyl (C=O) groups is 1. The summed E-state index contributed by atoms with van der Waals surface area (Å²) in [6.45, 7) is 5.69. The van der Waals surface area contributed by atoms with Gasteiger partial charge < -0.3 is 9.32 Å². The monoisotopic (exact) mass is 271 g/mol. The summed E-state index contributed by atoms with van der Waals surface area (Å²) < 4.78 is 5.38. The zero-order valence-electron chi connectivity index (χ0n) is 11.7. The Morgan fingerprint density at radius 3 is 2.55 bits per heavy atom. The average Bonchev–Trinajstić information content (AvgIpc) is 2.96. The van der Waals surface area contributed by atoms with Crippen molar-refractivity contribution in [2.24, 2.45) is 0 Å². The van der Waals surface area contributed by atoms with E-state index in [1.165, 1.54) is 0 Å². The molecule has 104 valence electrons. The lowest BCUT2D eigenvalue weighted by Gasteiger charge is -2.21. The summed E-state index contributed by atoms with van der Waals surface area (Å²) in [7, 11) is 0. The first-order chi connectivity index (χ1) is 9.63. The van der Waals surface area contributed by atoms with Gasteiger partial charge in [0.25, 0.3) is 0 Å². The number of aryl methyl sites for hydroxylation is 2. The second-order valence-corrected chi connectivity index (χ2v) is 5.35. The van der Waals surface area contributed by atoms with Crippen LogP contribution in [0.3, 0.4) is 0 Å². The molecule has 0 amide bonds. The molecule has 0 bridgehead atoms. The fourth-order valence-electron chi connectivity index (χ4n) is 2.88. The smallest absolute Gasteiger partial charge is 0.349 e. The van der Waals surface area contributed by atoms with Gasteiger partial charge in [-0.15, -0.1) is 0 Å². The normalized spacial score (nSPS) is 15.0. The number of carbonyl (C=O) groups excluding carboxylic acids is 1. The first-order valence-corrected chi connectivity index (χ1v) is 6.90. The molecule has 0 atom stereocenters. The predicted molar refractivity (Wildman–Crippen MR) is 78.8 cm³/mol.